The van der Waals surface area contributed by atoms with E-state index in [1.165, 1.54) is 12.4 Å². The number of anilines is 1. The number of aliphatic hydroxyl groups is 1. The molecule has 2 rings (SSSR count). The highest BCUT2D eigenvalue weighted by Crippen LogP contribution is 2.10. The first-order chi connectivity index (χ1) is 17.1. The predicted octanol–water partition coefficient (Wildman–Crippen LogP) is 1.14. The molecule has 0 fully saturated rings. The van der Waals surface area contributed by atoms with Crippen LogP contribution in [0.4, 0.5) is 5.69 Å². The monoisotopic (exact) mass is 511 g/mol. The van der Waals surface area contributed by atoms with Crippen LogP contribution in [0.5, 0.6) is 0 Å². The van der Waals surface area contributed by atoms with E-state index >= 15 is 0 Å². The SMILES string of the molecule is C.C[C@@H](O)[C@H](NC(=O)c1ccc(C#Cc2ccc(NC(=O)CN(C)CCN(C)C)cc2)cc1)C(=O)NO. The molecule has 0 spiro atoms. The van der Waals surface area contributed by atoms with Gasteiger partial charge in [0.1, 0.15) is 6.04 Å². The Balaban J connectivity index is 0.00000684. The van der Waals surface area contributed by atoms with Crippen molar-refractivity contribution in [1.29, 1.82) is 0 Å². The van der Waals surface area contributed by atoms with Crippen LogP contribution in [-0.2, 0) is 9.59 Å². The van der Waals surface area contributed by atoms with Gasteiger partial charge in [0.15, 0.2) is 0 Å². The first kappa shape index (κ1) is 31.3. The first-order valence-electron chi connectivity index (χ1n) is 11.4. The van der Waals surface area contributed by atoms with Crippen LogP contribution in [0.15, 0.2) is 48.5 Å². The van der Waals surface area contributed by atoms with Crippen LogP contribution < -0.4 is 16.1 Å². The van der Waals surface area contributed by atoms with Crippen LogP contribution in [0.25, 0.3) is 0 Å². The van der Waals surface area contributed by atoms with E-state index in [0.717, 1.165) is 18.7 Å². The van der Waals surface area contributed by atoms with Gasteiger partial charge in [0, 0.05) is 35.5 Å². The number of nitrogens with one attached hydrogen (secondary N) is 3. The Labute approximate surface area is 218 Å². The molecule has 0 bridgehead atoms. The normalized spacial score (nSPS) is 12.0. The number of benzene rings is 2. The fourth-order valence-corrected chi connectivity index (χ4v) is 3.08. The van der Waals surface area contributed by atoms with E-state index in [2.05, 4.69) is 27.4 Å². The Kier molecular flexibility index (Phi) is 13.0. The van der Waals surface area contributed by atoms with E-state index in [1.54, 1.807) is 36.4 Å². The Bertz CT molecular complexity index is 1090. The lowest BCUT2D eigenvalue weighted by molar-refractivity contribution is -0.133. The summed E-state index contributed by atoms with van der Waals surface area (Å²) in [4.78, 5) is 40.2. The van der Waals surface area contributed by atoms with Gasteiger partial charge in [-0.25, -0.2) is 5.48 Å². The molecule has 2 atom stereocenters. The highest BCUT2D eigenvalue weighted by atomic mass is 16.5. The molecule has 37 heavy (non-hydrogen) atoms. The standard InChI is InChI=1S/C26H33N5O5.CH4/c1-18(32)24(26(35)29-36)28-25(34)21-11-7-19(8-12-21)5-6-20-9-13-22(14-10-20)27-23(33)17-31(4)16-15-30(2)3;/h7-14,18,24,32,36H,15-17H2,1-4H3,(H,27,33)(H,28,34)(H,29,35);1H4/t18-,24+;/m1./s1. The summed E-state index contributed by atoms with van der Waals surface area (Å²) in [6.07, 6.45) is -1.19. The average molecular weight is 512 g/mol. The Hall–Kier alpha value is -3.75. The minimum Gasteiger partial charge on any atom is -0.391 e. The molecule has 0 heterocycles. The van der Waals surface area contributed by atoms with Gasteiger partial charge in [-0.3, -0.25) is 24.5 Å². The molecule has 0 aromatic heterocycles. The molecular formula is C27H37N5O5. The Morgan fingerprint density at radius 3 is 1.95 bits per heavy atom. The molecule has 0 aliphatic rings. The quantitative estimate of drug-likeness (QED) is 0.183. The van der Waals surface area contributed by atoms with Crippen LogP contribution in [0.2, 0.25) is 0 Å². The second-order valence-corrected chi connectivity index (χ2v) is 8.66. The molecule has 200 valence electrons. The van der Waals surface area contributed by atoms with Crippen molar-refractivity contribution in [3.05, 3.63) is 65.2 Å². The van der Waals surface area contributed by atoms with Crippen LogP contribution in [-0.4, -0.2) is 90.8 Å². The van der Waals surface area contributed by atoms with E-state index in [9.17, 15) is 19.5 Å². The number of rotatable bonds is 10. The number of amides is 3. The second-order valence-electron chi connectivity index (χ2n) is 8.66. The molecule has 0 saturated carbocycles. The van der Waals surface area contributed by atoms with Crippen molar-refractivity contribution in [2.75, 3.05) is 46.1 Å². The Morgan fingerprint density at radius 2 is 1.46 bits per heavy atom. The number of hydroxylamine groups is 1. The maximum atomic E-state index is 12.3. The smallest absolute Gasteiger partial charge is 0.268 e. The highest BCUT2D eigenvalue weighted by molar-refractivity contribution is 5.97. The molecule has 2 aromatic rings. The number of carbonyl (C=O) groups excluding carboxylic acids is 3. The summed E-state index contributed by atoms with van der Waals surface area (Å²) in [5.41, 5.74) is 3.80. The van der Waals surface area contributed by atoms with Crippen molar-refractivity contribution in [3.8, 4) is 11.8 Å². The molecule has 0 unspecified atom stereocenters. The second kappa shape index (κ2) is 15.4. The third-order valence-electron chi connectivity index (χ3n) is 5.17. The zero-order valence-corrected chi connectivity index (χ0v) is 20.9. The number of hydrogen-bond acceptors (Lipinski definition) is 7. The number of aliphatic hydroxyl groups excluding tert-OH is 1. The van der Waals surface area contributed by atoms with E-state index < -0.39 is 24.0 Å². The third-order valence-corrected chi connectivity index (χ3v) is 5.17. The van der Waals surface area contributed by atoms with Crippen LogP contribution in [0.3, 0.4) is 0 Å². The van der Waals surface area contributed by atoms with Crippen LogP contribution >= 0.6 is 0 Å². The van der Waals surface area contributed by atoms with Gasteiger partial charge < -0.3 is 20.6 Å². The lowest BCUT2D eigenvalue weighted by Crippen LogP contribution is -2.51. The summed E-state index contributed by atoms with van der Waals surface area (Å²) in [6, 6.07) is 12.3. The zero-order valence-electron chi connectivity index (χ0n) is 20.9. The van der Waals surface area contributed by atoms with Crippen molar-refractivity contribution < 1.29 is 24.7 Å². The minimum atomic E-state index is -1.29. The molecule has 0 radical (unpaired) electrons. The molecular weight excluding hydrogens is 474 g/mol. The van der Waals surface area contributed by atoms with Crippen molar-refractivity contribution in [3.63, 3.8) is 0 Å². The summed E-state index contributed by atoms with van der Waals surface area (Å²) >= 11 is 0. The van der Waals surface area contributed by atoms with Crippen LogP contribution in [0.1, 0.15) is 35.8 Å². The lowest BCUT2D eigenvalue weighted by Gasteiger charge is -2.19. The van der Waals surface area contributed by atoms with Crippen molar-refractivity contribution in [2.24, 2.45) is 0 Å². The van der Waals surface area contributed by atoms with Gasteiger partial charge in [-0.1, -0.05) is 19.3 Å². The maximum absolute atomic E-state index is 12.3. The van der Waals surface area contributed by atoms with E-state index in [0.29, 0.717) is 17.8 Å². The van der Waals surface area contributed by atoms with Crippen molar-refractivity contribution >= 4 is 23.4 Å². The summed E-state index contributed by atoms with van der Waals surface area (Å²) < 4.78 is 0. The molecule has 3 amide bonds. The number of nitrogens with zero attached hydrogens (tertiary/aromatic N) is 2. The Morgan fingerprint density at radius 1 is 0.919 bits per heavy atom. The number of likely N-dealkylation sites (N-methyl/N-ethyl adjacent to an activating group) is 2. The summed E-state index contributed by atoms with van der Waals surface area (Å²) in [7, 11) is 5.89. The fraction of sp³-hybridized carbons (Fsp3) is 0.370. The van der Waals surface area contributed by atoms with Crippen molar-refractivity contribution in [2.45, 2.75) is 26.5 Å². The lowest BCUT2D eigenvalue weighted by atomic mass is 10.1. The van der Waals surface area contributed by atoms with E-state index in [1.807, 2.05) is 38.2 Å². The van der Waals surface area contributed by atoms with Crippen molar-refractivity contribution in [1.82, 2.24) is 20.6 Å². The van der Waals surface area contributed by atoms with E-state index in [4.69, 9.17) is 5.21 Å². The molecule has 0 aliphatic carbocycles. The van der Waals surface area contributed by atoms with Gasteiger partial charge in [0.25, 0.3) is 11.8 Å². The van der Waals surface area contributed by atoms with E-state index in [-0.39, 0.29) is 18.9 Å². The van der Waals surface area contributed by atoms with Crippen LogP contribution in [0, 0.1) is 11.8 Å². The van der Waals surface area contributed by atoms with Gasteiger partial charge >= 0.3 is 0 Å². The van der Waals surface area contributed by atoms with Gasteiger partial charge in [-0.2, -0.15) is 0 Å². The molecule has 5 N–H and O–H groups in total. The topological polar surface area (TPSA) is 134 Å². The minimum absolute atomic E-state index is 0. The molecule has 10 nitrogen and oxygen atoms in total. The largest absolute Gasteiger partial charge is 0.391 e. The molecule has 0 saturated heterocycles. The summed E-state index contributed by atoms with van der Waals surface area (Å²) in [6.45, 7) is 3.30. The van der Waals surface area contributed by atoms with Gasteiger partial charge in [-0.05, 0) is 76.6 Å². The summed E-state index contributed by atoms with van der Waals surface area (Å²) in [5, 5.41) is 23.6. The summed E-state index contributed by atoms with van der Waals surface area (Å²) in [5.74, 6) is 4.45. The average Bonchev–Trinajstić information content (AvgIpc) is 2.85. The molecule has 2 aromatic carbocycles. The zero-order chi connectivity index (χ0) is 26.7. The van der Waals surface area contributed by atoms with Gasteiger partial charge in [-0.15, -0.1) is 0 Å². The van der Waals surface area contributed by atoms with Gasteiger partial charge in [0.2, 0.25) is 5.91 Å². The predicted molar refractivity (Wildman–Crippen MR) is 143 cm³/mol. The molecule has 10 heteroatoms. The fourth-order valence-electron chi connectivity index (χ4n) is 3.08. The highest BCUT2D eigenvalue weighted by Gasteiger charge is 2.25. The van der Waals surface area contributed by atoms with Gasteiger partial charge in [0.05, 0.1) is 12.6 Å². The number of hydrogen-bond donors (Lipinski definition) is 5. The first-order valence-corrected chi connectivity index (χ1v) is 11.4. The third kappa shape index (κ3) is 10.8. The number of carbonyl (C=O) groups is 3. The maximum Gasteiger partial charge on any atom is 0.268 e. The molecule has 0 aliphatic heterocycles.